The Morgan fingerprint density at radius 2 is 1.95 bits per heavy atom. The first-order valence-electron chi connectivity index (χ1n) is 6.43. The van der Waals surface area contributed by atoms with Crippen LogP contribution in [0.2, 0.25) is 0 Å². The maximum atomic E-state index is 12.3. The van der Waals surface area contributed by atoms with E-state index in [1.807, 2.05) is 13.0 Å². The number of amides is 1. The number of ether oxygens (including phenoxy) is 1. The molecule has 21 heavy (non-hydrogen) atoms. The van der Waals surface area contributed by atoms with E-state index in [4.69, 9.17) is 4.74 Å². The number of carbonyl (C=O) groups is 2. The van der Waals surface area contributed by atoms with Gasteiger partial charge in [0.2, 0.25) is 0 Å². The van der Waals surface area contributed by atoms with Crippen molar-refractivity contribution in [2.24, 2.45) is 7.05 Å². The predicted octanol–water partition coefficient (Wildman–Crippen LogP) is 2.08. The Hall–Kier alpha value is -2.63. The van der Waals surface area contributed by atoms with Gasteiger partial charge in [-0.1, -0.05) is 11.6 Å². The van der Waals surface area contributed by atoms with Crippen molar-refractivity contribution < 1.29 is 14.3 Å². The number of nitrogens with zero attached hydrogens (tertiary/aromatic N) is 2. The van der Waals surface area contributed by atoms with Crippen LogP contribution in [-0.4, -0.2) is 28.8 Å². The molecule has 2 aromatic rings. The van der Waals surface area contributed by atoms with Crippen molar-refractivity contribution >= 4 is 17.6 Å². The zero-order chi connectivity index (χ0) is 15.6. The van der Waals surface area contributed by atoms with Crippen LogP contribution in [0.1, 0.15) is 32.0 Å². The molecule has 0 aliphatic carbocycles. The molecular formula is C15H17N3O3. The molecule has 6 nitrogen and oxygen atoms in total. The van der Waals surface area contributed by atoms with Crippen molar-refractivity contribution in [2.75, 3.05) is 12.4 Å². The molecule has 0 fully saturated rings. The molecule has 0 unspecified atom stereocenters. The smallest absolute Gasteiger partial charge is 0.339 e. The van der Waals surface area contributed by atoms with Crippen LogP contribution in [-0.2, 0) is 11.8 Å². The molecule has 0 saturated carbocycles. The molecule has 1 aromatic heterocycles. The summed E-state index contributed by atoms with van der Waals surface area (Å²) in [6, 6.07) is 5.18. The highest BCUT2D eigenvalue weighted by atomic mass is 16.5. The second-order valence-electron chi connectivity index (χ2n) is 4.76. The monoisotopic (exact) mass is 287 g/mol. The first kappa shape index (κ1) is 14.8. The molecule has 6 heteroatoms. The average molecular weight is 287 g/mol. The largest absolute Gasteiger partial charge is 0.465 e. The average Bonchev–Trinajstić information content (AvgIpc) is 2.80. The molecule has 0 aliphatic heterocycles. The molecule has 1 N–H and O–H groups in total. The van der Waals surface area contributed by atoms with Gasteiger partial charge in [0.05, 0.1) is 30.1 Å². The number of benzene rings is 1. The first-order chi connectivity index (χ1) is 9.93. The van der Waals surface area contributed by atoms with Crippen molar-refractivity contribution in [2.45, 2.75) is 13.8 Å². The van der Waals surface area contributed by atoms with E-state index >= 15 is 0 Å². The summed E-state index contributed by atoms with van der Waals surface area (Å²) in [4.78, 5) is 24.1. The third-order valence-electron chi connectivity index (χ3n) is 3.31. The lowest BCUT2D eigenvalue weighted by atomic mass is 10.1. The van der Waals surface area contributed by atoms with Gasteiger partial charge in [-0.3, -0.25) is 9.48 Å². The number of nitrogens with one attached hydrogen (secondary N) is 1. The summed E-state index contributed by atoms with van der Waals surface area (Å²) in [6.45, 7) is 3.67. The topological polar surface area (TPSA) is 73.2 Å². The zero-order valence-electron chi connectivity index (χ0n) is 12.4. The van der Waals surface area contributed by atoms with Crippen molar-refractivity contribution in [3.8, 4) is 0 Å². The standard InChI is InChI=1S/C15H17N3O3/c1-9-5-6-13(11(7-9)15(20)21-4)17-14(19)12-8-16-18(3)10(12)2/h5-8H,1-4H3,(H,17,19). The lowest BCUT2D eigenvalue weighted by Crippen LogP contribution is -2.16. The summed E-state index contributed by atoms with van der Waals surface area (Å²) in [5.41, 5.74) is 2.87. The van der Waals surface area contributed by atoms with Gasteiger partial charge in [0, 0.05) is 12.7 Å². The van der Waals surface area contributed by atoms with Crippen molar-refractivity contribution in [1.29, 1.82) is 0 Å². The molecule has 2 rings (SSSR count). The molecule has 0 saturated heterocycles. The first-order valence-corrected chi connectivity index (χ1v) is 6.43. The highest BCUT2D eigenvalue weighted by Crippen LogP contribution is 2.20. The fourth-order valence-corrected chi connectivity index (χ4v) is 1.96. The van der Waals surface area contributed by atoms with E-state index < -0.39 is 5.97 Å². The SMILES string of the molecule is COC(=O)c1cc(C)ccc1NC(=O)c1cnn(C)c1C. The second-order valence-corrected chi connectivity index (χ2v) is 4.76. The van der Waals surface area contributed by atoms with E-state index in [0.29, 0.717) is 16.8 Å². The van der Waals surface area contributed by atoms with Crippen LogP contribution < -0.4 is 5.32 Å². The summed E-state index contributed by atoms with van der Waals surface area (Å²) in [5, 5.41) is 6.76. The molecule has 1 amide bonds. The quantitative estimate of drug-likeness (QED) is 0.877. The fourth-order valence-electron chi connectivity index (χ4n) is 1.96. The number of aromatic nitrogens is 2. The van der Waals surface area contributed by atoms with Crippen LogP contribution in [0.15, 0.2) is 24.4 Å². The summed E-state index contributed by atoms with van der Waals surface area (Å²) in [5.74, 6) is -0.800. The molecule has 110 valence electrons. The van der Waals surface area contributed by atoms with Crippen molar-refractivity contribution in [3.05, 3.63) is 46.8 Å². The highest BCUT2D eigenvalue weighted by molar-refractivity contribution is 6.08. The van der Waals surface area contributed by atoms with Gasteiger partial charge in [0.25, 0.3) is 5.91 Å². The Morgan fingerprint density at radius 3 is 2.52 bits per heavy atom. The molecule has 1 aromatic carbocycles. The van der Waals surface area contributed by atoms with Gasteiger partial charge in [-0.15, -0.1) is 0 Å². The number of anilines is 1. The molecule has 0 atom stereocenters. The lowest BCUT2D eigenvalue weighted by molar-refractivity contribution is 0.0602. The number of aryl methyl sites for hydroxylation is 2. The van der Waals surface area contributed by atoms with Gasteiger partial charge in [0.15, 0.2) is 0 Å². The minimum absolute atomic E-state index is 0.311. The number of carbonyl (C=O) groups excluding carboxylic acids is 2. The number of hydrogen-bond acceptors (Lipinski definition) is 4. The normalized spacial score (nSPS) is 10.3. The van der Waals surface area contributed by atoms with Gasteiger partial charge in [-0.2, -0.15) is 5.10 Å². The maximum Gasteiger partial charge on any atom is 0.339 e. The van der Waals surface area contributed by atoms with Crippen molar-refractivity contribution in [1.82, 2.24) is 9.78 Å². The second kappa shape index (κ2) is 5.78. The Balaban J connectivity index is 2.33. The molecular weight excluding hydrogens is 270 g/mol. The molecule has 0 aliphatic rings. The maximum absolute atomic E-state index is 12.3. The van der Waals surface area contributed by atoms with E-state index in [2.05, 4.69) is 10.4 Å². The zero-order valence-corrected chi connectivity index (χ0v) is 12.4. The number of esters is 1. The molecule has 1 heterocycles. The van der Waals surface area contributed by atoms with Crippen molar-refractivity contribution in [3.63, 3.8) is 0 Å². The molecule has 0 radical (unpaired) electrons. The van der Waals surface area contributed by atoms with Gasteiger partial charge >= 0.3 is 5.97 Å². The third kappa shape index (κ3) is 2.94. The van der Waals surface area contributed by atoms with Gasteiger partial charge in [0.1, 0.15) is 0 Å². The van der Waals surface area contributed by atoms with Gasteiger partial charge in [-0.05, 0) is 26.0 Å². The van der Waals surface area contributed by atoms with E-state index in [1.54, 1.807) is 30.8 Å². The molecule has 0 bridgehead atoms. The third-order valence-corrected chi connectivity index (χ3v) is 3.31. The van der Waals surface area contributed by atoms with Gasteiger partial charge in [-0.25, -0.2) is 4.79 Å². The lowest BCUT2D eigenvalue weighted by Gasteiger charge is -2.10. The van der Waals surface area contributed by atoms with Crippen LogP contribution in [0.3, 0.4) is 0 Å². The minimum Gasteiger partial charge on any atom is -0.465 e. The fraction of sp³-hybridized carbons (Fsp3) is 0.267. The van der Waals surface area contributed by atoms with E-state index in [1.165, 1.54) is 13.3 Å². The van der Waals surface area contributed by atoms with E-state index in [0.717, 1.165) is 11.3 Å². The Kier molecular flexibility index (Phi) is 4.07. The highest BCUT2D eigenvalue weighted by Gasteiger charge is 2.17. The summed E-state index contributed by atoms with van der Waals surface area (Å²) in [7, 11) is 3.07. The summed E-state index contributed by atoms with van der Waals surface area (Å²) in [6.07, 6.45) is 1.50. The molecule has 0 spiro atoms. The Morgan fingerprint density at radius 1 is 1.24 bits per heavy atom. The van der Waals surface area contributed by atoms with Crippen LogP contribution in [0.4, 0.5) is 5.69 Å². The van der Waals surface area contributed by atoms with E-state index in [9.17, 15) is 9.59 Å². The van der Waals surface area contributed by atoms with Crippen LogP contribution in [0, 0.1) is 13.8 Å². The summed E-state index contributed by atoms with van der Waals surface area (Å²) >= 11 is 0. The predicted molar refractivity (Wildman–Crippen MR) is 78.4 cm³/mol. The number of hydrogen-bond donors (Lipinski definition) is 1. The Labute approximate surface area is 122 Å². The Bertz CT molecular complexity index is 704. The number of methoxy groups -OCH3 is 1. The van der Waals surface area contributed by atoms with Crippen LogP contribution in [0.5, 0.6) is 0 Å². The van der Waals surface area contributed by atoms with Crippen LogP contribution in [0.25, 0.3) is 0 Å². The minimum atomic E-state index is -0.489. The van der Waals surface area contributed by atoms with Gasteiger partial charge < -0.3 is 10.1 Å². The summed E-state index contributed by atoms with van der Waals surface area (Å²) < 4.78 is 6.36. The van der Waals surface area contributed by atoms with Crippen LogP contribution >= 0.6 is 0 Å². The number of rotatable bonds is 3. The van der Waals surface area contributed by atoms with E-state index in [-0.39, 0.29) is 5.91 Å².